The van der Waals surface area contributed by atoms with Gasteiger partial charge in [-0.2, -0.15) is 0 Å². The molecule has 0 aromatic heterocycles. The van der Waals surface area contributed by atoms with Crippen LogP contribution in [-0.2, 0) is 65.4 Å². The zero-order valence-corrected chi connectivity index (χ0v) is 63.4. The Morgan fingerprint density at radius 3 is 0.755 bits per heavy atom. The van der Waals surface area contributed by atoms with Crippen LogP contribution < -0.4 is 0 Å². The lowest BCUT2D eigenvalue weighted by molar-refractivity contribution is -0.161. The van der Waals surface area contributed by atoms with Gasteiger partial charge in [-0.15, -0.1) is 0 Å². The average molecular weight is 1380 g/mol. The molecule has 0 saturated carbocycles. The molecule has 0 heterocycles. The second-order valence-electron chi connectivity index (χ2n) is 28.2. The molecule has 0 radical (unpaired) electrons. The maximum atomic E-state index is 13.1. The molecule has 0 aromatic rings. The molecule has 0 aliphatic carbocycles. The Morgan fingerprint density at radius 2 is 0.511 bits per heavy atom. The van der Waals surface area contributed by atoms with Crippen molar-refractivity contribution in [2.24, 2.45) is 23.7 Å². The van der Waals surface area contributed by atoms with Crippen molar-refractivity contribution in [3.05, 3.63) is 0 Å². The fourth-order valence-corrected chi connectivity index (χ4v) is 12.9. The number of phosphoric ester groups is 2. The molecular formula is C75H146O17P2. The van der Waals surface area contributed by atoms with Crippen molar-refractivity contribution in [2.45, 2.75) is 395 Å². The molecule has 8 atom stereocenters. The van der Waals surface area contributed by atoms with Gasteiger partial charge in [-0.05, 0) is 49.4 Å². The van der Waals surface area contributed by atoms with Crippen LogP contribution in [0, 0.1) is 23.7 Å². The predicted molar refractivity (Wildman–Crippen MR) is 381 cm³/mol. The van der Waals surface area contributed by atoms with Crippen LogP contribution >= 0.6 is 15.6 Å². The van der Waals surface area contributed by atoms with Crippen molar-refractivity contribution in [3.63, 3.8) is 0 Å². The zero-order valence-electron chi connectivity index (χ0n) is 61.6. The molecule has 0 aromatic carbocycles. The maximum Gasteiger partial charge on any atom is 0.472 e. The highest BCUT2D eigenvalue weighted by Crippen LogP contribution is 2.45. The molecule has 0 amide bonds. The molecule has 19 heteroatoms. The van der Waals surface area contributed by atoms with E-state index in [1.54, 1.807) is 0 Å². The van der Waals surface area contributed by atoms with Crippen LogP contribution in [0.25, 0.3) is 0 Å². The van der Waals surface area contributed by atoms with Crippen LogP contribution in [0.15, 0.2) is 0 Å². The monoisotopic (exact) mass is 1380 g/mol. The van der Waals surface area contributed by atoms with Gasteiger partial charge >= 0.3 is 39.5 Å². The van der Waals surface area contributed by atoms with Crippen molar-refractivity contribution in [2.75, 3.05) is 39.6 Å². The molecule has 17 nitrogen and oxygen atoms in total. The van der Waals surface area contributed by atoms with E-state index in [1.165, 1.54) is 173 Å². The minimum Gasteiger partial charge on any atom is -0.462 e. The number of phosphoric acid groups is 2. The molecule has 0 saturated heterocycles. The molecule has 0 bridgehead atoms. The minimum absolute atomic E-state index is 0.104. The first-order chi connectivity index (χ1) is 45.2. The highest BCUT2D eigenvalue weighted by Gasteiger charge is 2.30. The molecule has 5 unspecified atom stereocenters. The summed E-state index contributed by atoms with van der Waals surface area (Å²) in [5, 5.41) is 10.6. The summed E-state index contributed by atoms with van der Waals surface area (Å²) in [6.45, 7) is 14.2. The summed E-state index contributed by atoms with van der Waals surface area (Å²) in [6.07, 6.45) is 48.5. The number of carbonyl (C=O) groups is 4. The Bertz CT molecular complexity index is 1860. The topological polar surface area (TPSA) is 237 Å². The number of hydrogen-bond acceptors (Lipinski definition) is 15. The SMILES string of the molecule is CCC(C)CCCCCCCCCCCCCCCCC(=O)OC[C@H](COP(=O)(O)OC[C@@H](O)COP(=O)(O)OC[C@@H](COC(=O)CCCCCCCCC(C)CC)OC(=O)CCCCCCCCCCC(C)CC)OC(=O)CCCCCCCCCCCCCC(C)C. The Morgan fingerprint density at radius 1 is 0.298 bits per heavy atom. The number of aliphatic hydroxyl groups excluding tert-OH is 1. The highest BCUT2D eigenvalue weighted by atomic mass is 31.2. The molecular weight excluding hydrogens is 1230 g/mol. The summed E-state index contributed by atoms with van der Waals surface area (Å²) < 4.78 is 68.5. The van der Waals surface area contributed by atoms with E-state index < -0.39 is 97.5 Å². The van der Waals surface area contributed by atoms with Gasteiger partial charge in [0, 0.05) is 25.7 Å². The lowest BCUT2D eigenvalue weighted by Gasteiger charge is -2.21. The van der Waals surface area contributed by atoms with Crippen molar-refractivity contribution in [3.8, 4) is 0 Å². The number of aliphatic hydroxyl groups is 1. The van der Waals surface area contributed by atoms with Crippen LogP contribution in [0.2, 0.25) is 0 Å². The van der Waals surface area contributed by atoms with Gasteiger partial charge in [0.25, 0.3) is 0 Å². The molecule has 0 rings (SSSR count). The summed E-state index contributed by atoms with van der Waals surface area (Å²) in [5.74, 6) is 0.991. The molecule has 0 fully saturated rings. The van der Waals surface area contributed by atoms with Gasteiger partial charge in [0.1, 0.15) is 19.3 Å². The second kappa shape index (κ2) is 64.4. The van der Waals surface area contributed by atoms with Crippen LogP contribution in [0.4, 0.5) is 0 Å². The number of hydrogen-bond donors (Lipinski definition) is 3. The fourth-order valence-electron chi connectivity index (χ4n) is 11.3. The van der Waals surface area contributed by atoms with Crippen LogP contribution in [0.3, 0.4) is 0 Å². The van der Waals surface area contributed by atoms with E-state index in [9.17, 15) is 43.2 Å². The number of unbranched alkanes of at least 4 members (excludes halogenated alkanes) is 35. The molecule has 0 aliphatic rings. The summed E-state index contributed by atoms with van der Waals surface area (Å²) in [4.78, 5) is 72.8. The van der Waals surface area contributed by atoms with E-state index in [1.807, 2.05) is 0 Å². The maximum absolute atomic E-state index is 13.1. The minimum atomic E-state index is -4.96. The Hall–Kier alpha value is -1.94. The molecule has 0 spiro atoms. The Kier molecular flexibility index (Phi) is 63.1. The summed E-state index contributed by atoms with van der Waals surface area (Å²) in [7, 11) is -9.91. The largest absolute Gasteiger partial charge is 0.472 e. The number of rotatable bonds is 72. The summed E-state index contributed by atoms with van der Waals surface area (Å²) in [5.41, 5.74) is 0. The van der Waals surface area contributed by atoms with Crippen molar-refractivity contribution >= 4 is 39.5 Å². The number of ether oxygens (including phenoxy) is 4. The second-order valence-corrected chi connectivity index (χ2v) is 31.1. The van der Waals surface area contributed by atoms with Crippen molar-refractivity contribution in [1.29, 1.82) is 0 Å². The van der Waals surface area contributed by atoms with E-state index in [4.69, 9.17) is 37.0 Å². The van der Waals surface area contributed by atoms with E-state index in [0.29, 0.717) is 25.7 Å². The average Bonchev–Trinajstić information content (AvgIpc) is 1.44. The van der Waals surface area contributed by atoms with Crippen molar-refractivity contribution < 1.29 is 80.2 Å². The van der Waals surface area contributed by atoms with E-state index in [2.05, 4.69) is 55.4 Å². The first-order valence-corrected chi connectivity index (χ1v) is 41.8. The van der Waals surface area contributed by atoms with Gasteiger partial charge in [-0.1, -0.05) is 325 Å². The first-order valence-electron chi connectivity index (χ1n) is 38.8. The van der Waals surface area contributed by atoms with E-state index >= 15 is 0 Å². The number of esters is 4. The first kappa shape index (κ1) is 92.1. The van der Waals surface area contributed by atoms with E-state index in [-0.39, 0.29) is 25.7 Å². The molecule has 94 heavy (non-hydrogen) atoms. The van der Waals surface area contributed by atoms with Crippen LogP contribution in [0.5, 0.6) is 0 Å². The van der Waals surface area contributed by atoms with Gasteiger partial charge in [-0.3, -0.25) is 37.3 Å². The third-order valence-electron chi connectivity index (χ3n) is 18.4. The van der Waals surface area contributed by atoms with Crippen LogP contribution in [0.1, 0.15) is 376 Å². The highest BCUT2D eigenvalue weighted by molar-refractivity contribution is 7.47. The lowest BCUT2D eigenvalue weighted by atomic mass is 9.99. The lowest BCUT2D eigenvalue weighted by Crippen LogP contribution is -2.30. The standard InChI is InChI=1S/C75H146O17P2/c1-9-66(6)52-44-36-28-22-18-14-12-13-15-19-23-30-39-47-55-72(77)85-61-70(91-74(79)57-49-41-31-24-20-16-17-21-27-35-43-51-65(4)5)63-89-93(81,82)87-59-69(76)60-88-94(83,84)90-64-71(62-86-73(78)56-48-40-34-33-38-46-54-68(8)11-3)92-75(80)58-50-42-32-26-25-29-37-45-53-67(7)10-2/h65-71,76H,9-64H2,1-8H3,(H,81,82)(H,83,84)/t66?,67?,68?,69-,70-,71-/m1/s1. The third-order valence-corrected chi connectivity index (χ3v) is 20.3. The van der Waals surface area contributed by atoms with Gasteiger partial charge in [0.2, 0.25) is 0 Å². The fraction of sp³-hybridized carbons (Fsp3) is 0.947. The smallest absolute Gasteiger partial charge is 0.462 e. The van der Waals surface area contributed by atoms with E-state index in [0.717, 1.165) is 120 Å². The molecule has 3 N–H and O–H groups in total. The summed E-state index contributed by atoms with van der Waals surface area (Å²) in [6, 6.07) is 0. The molecule has 558 valence electrons. The van der Waals surface area contributed by atoms with Gasteiger partial charge in [0.15, 0.2) is 12.2 Å². The third kappa shape index (κ3) is 64.7. The Labute approximate surface area is 575 Å². The van der Waals surface area contributed by atoms with Crippen LogP contribution in [-0.4, -0.2) is 96.7 Å². The predicted octanol–water partition coefficient (Wildman–Crippen LogP) is 21.7. The summed E-state index contributed by atoms with van der Waals surface area (Å²) >= 11 is 0. The van der Waals surface area contributed by atoms with Gasteiger partial charge in [0.05, 0.1) is 26.4 Å². The molecule has 0 aliphatic heterocycles. The van der Waals surface area contributed by atoms with Crippen molar-refractivity contribution in [1.82, 2.24) is 0 Å². The zero-order chi connectivity index (χ0) is 69.6. The quantitative estimate of drug-likeness (QED) is 0.0222. The Balaban J connectivity index is 5.25. The normalized spacial score (nSPS) is 15.0. The van der Waals surface area contributed by atoms with Gasteiger partial charge in [-0.25, -0.2) is 9.13 Å². The number of carbonyl (C=O) groups excluding carboxylic acids is 4. The van der Waals surface area contributed by atoms with Gasteiger partial charge < -0.3 is 33.8 Å².